The van der Waals surface area contributed by atoms with Gasteiger partial charge >= 0.3 is 6.03 Å². The van der Waals surface area contributed by atoms with Crippen LogP contribution in [0.5, 0.6) is 0 Å². The molecule has 0 unspecified atom stereocenters. The molecule has 6 nitrogen and oxygen atoms in total. The summed E-state index contributed by atoms with van der Waals surface area (Å²) in [5.41, 5.74) is 1.97. The normalized spacial score (nSPS) is 17.2. The molecule has 29 heavy (non-hydrogen) atoms. The summed E-state index contributed by atoms with van der Waals surface area (Å²) >= 11 is 5.86. The number of hydrogen-bond acceptors (Lipinski definition) is 3. The van der Waals surface area contributed by atoms with Gasteiger partial charge in [0.1, 0.15) is 6.04 Å². The summed E-state index contributed by atoms with van der Waals surface area (Å²) in [6.45, 7) is 2.32. The maximum Gasteiger partial charge on any atom is 0.325 e. The Bertz CT molecular complexity index is 871. The highest BCUT2D eigenvalue weighted by Gasteiger charge is 2.40. The van der Waals surface area contributed by atoms with Crippen LogP contribution in [-0.4, -0.2) is 35.3 Å². The molecule has 2 aromatic rings. The summed E-state index contributed by atoms with van der Waals surface area (Å²) in [6.07, 6.45) is 1.14. The molecule has 1 saturated heterocycles. The molecule has 1 heterocycles. The molecule has 7 heteroatoms. The van der Waals surface area contributed by atoms with E-state index in [2.05, 4.69) is 10.6 Å². The predicted molar refractivity (Wildman–Crippen MR) is 111 cm³/mol. The topological polar surface area (TPSA) is 78.5 Å². The molecule has 1 fully saturated rings. The molecule has 1 aliphatic heterocycles. The van der Waals surface area contributed by atoms with Crippen LogP contribution < -0.4 is 10.6 Å². The Morgan fingerprint density at radius 3 is 2.52 bits per heavy atom. The number of nitrogens with one attached hydrogen (secondary N) is 2. The van der Waals surface area contributed by atoms with Gasteiger partial charge in [-0.05, 0) is 43.0 Å². The highest BCUT2D eigenvalue weighted by molar-refractivity contribution is 6.30. The third-order valence-electron chi connectivity index (χ3n) is 5.03. The highest BCUT2D eigenvalue weighted by atomic mass is 35.5. The molecular formula is C22H24ClN3O3. The van der Waals surface area contributed by atoms with Crippen LogP contribution in [0.15, 0.2) is 54.6 Å². The average molecular weight is 414 g/mol. The second kappa shape index (κ2) is 9.56. The van der Waals surface area contributed by atoms with Crippen LogP contribution in [0.4, 0.5) is 4.79 Å². The molecule has 4 amide bonds. The van der Waals surface area contributed by atoms with E-state index in [4.69, 9.17) is 11.6 Å². The van der Waals surface area contributed by atoms with E-state index in [-0.39, 0.29) is 30.7 Å². The van der Waals surface area contributed by atoms with E-state index in [1.54, 1.807) is 0 Å². The molecule has 152 valence electrons. The van der Waals surface area contributed by atoms with Gasteiger partial charge in [0.25, 0.3) is 5.91 Å². The van der Waals surface area contributed by atoms with Crippen molar-refractivity contribution in [2.45, 2.75) is 38.3 Å². The third-order valence-corrected chi connectivity index (χ3v) is 5.28. The second-order valence-electron chi connectivity index (χ2n) is 7.06. The van der Waals surface area contributed by atoms with Crippen LogP contribution in [0, 0.1) is 0 Å². The minimum Gasteiger partial charge on any atom is -0.356 e. The van der Waals surface area contributed by atoms with Crippen LogP contribution in [0.3, 0.4) is 0 Å². The number of halogens is 1. The molecule has 2 atom stereocenters. The van der Waals surface area contributed by atoms with Gasteiger partial charge in [0.15, 0.2) is 0 Å². The fraction of sp³-hybridized carbons (Fsp3) is 0.318. The van der Waals surface area contributed by atoms with Gasteiger partial charge in [-0.1, -0.05) is 54.1 Å². The fourth-order valence-electron chi connectivity index (χ4n) is 3.35. The Morgan fingerprint density at radius 2 is 1.83 bits per heavy atom. The Hall–Kier alpha value is -2.86. The van der Waals surface area contributed by atoms with E-state index in [0.29, 0.717) is 18.0 Å². The molecule has 0 bridgehead atoms. The van der Waals surface area contributed by atoms with Crippen molar-refractivity contribution in [3.8, 4) is 0 Å². The quantitative estimate of drug-likeness (QED) is 0.650. The van der Waals surface area contributed by atoms with Crippen molar-refractivity contribution in [2.75, 3.05) is 6.54 Å². The molecule has 1 aliphatic rings. The molecular weight excluding hydrogens is 390 g/mol. The van der Waals surface area contributed by atoms with E-state index >= 15 is 0 Å². The molecule has 0 saturated carbocycles. The first-order valence-electron chi connectivity index (χ1n) is 9.65. The number of carbonyl (C=O) groups excluding carboxylic acids is 3. The number of imide groups is 1. The zero-order valence-corrected chi connectivity index (χ0v) is 17.0. The van der Waals surface area contributed by atoms with E-state index in [1.165, 1.54) is 4.90 Å². The van der Waals surface area contributed by atoms with Crippen molar-refractivity contribution in [3.63, 3.8) is 0 Å². The van der Waals surface area contributed by atoms with Gasteiger partial charge < -0.3 is 10.6 Å². The average Bonchev–Trinajstić information content (AvgIpc) is 3.01. The van der Waals surface area contributed by atoms with Gasteiger partial charge in [0.2, 0.25) is 5.91 Å². The summed E-state index contributed by atoms with van der Waals surface area (Å²) < 4.78 is 0. The Balaban J connectivity index is 1.45. The first-order chi connectivity index (χ1) is 14.0. The van der Waals surface area contributed by atoms with E-state index in [1.807, 2.05) is 61.5 Å². The van der Waals surface area contributed by atoms with E-state index in [9.17, 15) is 14.4 Å². The summed E-state index contributed by atoms with van der Waals surface area (Å²) in [7, 11) is 0. The van der Waals surface area contributed by atoms with Crippen molar-refractivity contribution >= 4 is 29.4 Å². The van der Waals surface area contributed by atoms with Crippen LogP contribution in [0.25, 0.3) is 0 Å². The van der Waals surface area contributed by atoms with Crippen LogP contribution in [-0.2, 0) is 16.0 Å². The lowest BCUT2D eigenvalue weighted by Gasteiger charge is -2.21. The molecule has 0 spiro atoms. The number of rotatable bonds is 8. The Kier molecular flexibility index (Phi) is 6.88. The fourth-order valence-corrected chi connectivity index (χ4v) is 3.48. The van der Waals surface area contributed by atoms with Gasteiger partial charge in [0.05, 0.1) is 6.04 Å². The number of hydrogen-bond donors (Lipinski definition) is 2. The van der Waals surface area contributed by atoms with Crippen molar-refractivity contribution in [1.29, 1.82) is 0 Å². The van der Waals surface area contributed by atoms with E-state index in [0.717, 1.165) is 11.1 Å². The van der Waals surface area contributed by atoms with Gasteiger partial charge in [-0.15, -0.1) is 0 Å². The maximum absolute atomic E-state index is 12.7. The van der Waals surface area contributed by atoms with Crippen LogP contribution >= 0.6 is 11.6 Å². The van der Waals surface area contributed by atoms with Crippen LogP contribution in [0.1, 0.15) is 36.9 Å². The SMILES string of the molecule is C[C@@H](c1ccccc1)N1C(=O)N[C@H](CCC(=O)NCCc2ccc(Cl)cc2)C1=O. The zero-order chi connectivity index (χ0) is 20.8. The van der Waals surface area contributed by atoms with E-state index < -0.39 is 12.1 Å². The predicted octanol–water partition coefficient (Wildman–Crippen LogP) is 3.46. The number of benzene rings is 2. The van der Waals surface area contributed by atoms with Gasteiger partial charge in [0, 0.05) is 18.0 Å². The molecule has 3 rings (SSSR count). The zero-order valence-electron chi connectivity index (χ0n) is 16.2. The summed E-state index contributed by atoms with van der Waals surface area (Å²) in [6, 6.07) is 15.4. The van der Waals surface area contributed by atoms with Gasteiger partial charge in [-0.2, -0.15) is 0 Å². The smallest absolute Gasteiger partial charge is 0.325 e. The minimum absolute atomic E-state index is 0.143. The maximum atomic E-state index is 12.7. The number of carbonyl (C=O) groups is 3. The molecule has 0 aromatic heterocycles. The summed E-state index contributed by atoms with van der Waals surface area (Å²) in [5, 5.41) is 6.22. The molecule has 2 aromatic carbocycles. The largest absolute Gasteiger partial charge is 0.356 e. The first kappa shape index (κ1) is 20.9. The molecule has 0 radical (unpaired) electrons. The van der Waals surface area contributed by atoms with Crippen molar-refractivity contribution in [3.05, 3.63) is 70.7 Å². The van der Waals surface area contributed by atoms with Crippen molar-refractivity contribution in [2.24, 2.45) is 0 Å². The lowest BCUT2D eigenvalue weighted by Crippen LogP contribution is -2.34. The third kappa shape index (κ3) is 5.35. The summed E-state index contributed by atoms with van der Waals surface area (Å²) in [4.78, 5) is 38.3. The summed E-state index contributed by atoms with van der Waals surface area (Å²) in [5.74, 6) is -0.434. The Labute approximate surface area is 175 Å². The highest BCUT2D eigenvalue weighted by Crippen LogP contribution is 2.25. The lowest BCUT2D eigenvalue weighted by atomic mass is 10.1. The minimum atomic E-state index is -0.671. The number of urea groups is 1. The second-order valence-corrected chi connectivity index (χ2v) is 7.50. The van der Waals surface area contributed by atoms with Crippen LogP contribution in [0.2, 0.25) is 5.02 Å². The number of nitrogens with zero attached hydrogens (tertiary/aromatic N) is 1. The number of amides is 4. The van der Waals surface area contributed by atoms with Gasteiger partial charge in [-0.3, -0.25) is 14.5 Å². The molecule has 0 aliphatic carbocycles. The monoisotopic (exact) mass is 413 g/mol. The molecule has 2 N–H and O–H groups in total. The van der Waals surface area contributed by atoms with Crippen molar-refractivity contribution in [1.82, 2.24) is 15.5 Å². The first-order valence-corrected chi connectivity index (χ1v) is 10.0. The standard InChI is InChI=1S/C22H24ClN3O3/c1-15(17-5-3-2-4-6-17)26-21(28)19(25-22(26)29)11-12-20(27)24-14-13-16-7-9-18(23)10-8-16/h2-10,15,19H,11-14H2,1H3,(H,24,27)(H,25,29)/t15-,19+/m0/s1. The van der Waals surface area contributed by atoms with Gasteiger partial charge in [-0.25, -0.2) is 4.79 Å². The van der Waals surface area contributed by atoms with Crippen molar-refractivity contribution < 1.29 is 14.4 Å². The Morgan fingerprint density at radius 1 is 1.14 bits per heavy atom. The lowest BCUT2D eigenvalue weighted by molar-refractivity contribution is -0.129.